The molecule has 7 nitrogen and oxygen atoms in total. The molecule has 0 aliphatic carbocycles. The van der Waals surface area contributed by atoms with Crippen molar-refractivity contribution in [1.29, 1.82) is 0 Å². The molecule has 2 heterocycles. The molecule has 1 atom stereocenters. The lowest BCUT2D eigenvalue weighted by molar-refractivity contribution is -0.139. The molecular weight excluding hydrogens is 272 g/mol. The lowest BCUT2D eigenvalue weighted by atomic mass is 10.4. The highest BCUT2D eigenvalue weighted by Crippen LogP contribution is 2.19. The molecular formula is C11H18N2O5S. The van der Waals surface area contributed by atoms with Crippen LogP contribution in [-0.4, -0.2) is 62.1 Å². The number of hydrogen-bond acceptors (Lipinski definition) is 5. The van der Waals surface area contributed by atoms with Crippen LogP contribution in [0.2, 0.25) is 0 Å². The van der Waals surface area contributed by atoms with Crippen LogP contribution in [0.15, 0.2) is 0 Å². The minimum atomic E-state index is -3.68. The topological polar surface area (TPSA) is 84.0 Å². The second-order valence-electron chi connectivity index (χ2n) is 4.89. The van der Waals surface area contributed by atoms with E-state index in [1.165, 1.54) is 4.90 Å². The van der Waals surface area contributed by atoms with Crippen LogP contribution in [-0.2, 0) is 23.9 Å². The summed E-state index contributed by atoms with van der Waals surface area (Å²) in [4.78, 5) is 26.3. The standard InChI is InChI=1S/C11H18N2O5S/c1-19(16,17)18-11(13-7-3-5-10(13)15)8-12-6-2-4-9(12)14/h11H,2-8H2,1H3. The summed E-state index contributed by atoms with van der Waals surface area (Å²) in [5.74, 6) is -0.144. The van der Waals surface area contributed by atoms with Crippen LogP contribution in [0.5, 0.6) is 0 Å². The van der Waals surface area contributed by atoms with Gasteiger partial charge in [-0.1, -0.05) is 0 Å². The largest absolute Gasteiger partial charge is 0.338 e. The number of hydrogen-bond donors (Lipinski definition) is 0. The molecule has 8 heteroatoms. The van der Waals surface area contributed by atoms with Gasteiger partial charge in [0.1, 0.15) is 0 Å². The minimum Gasteiger partial charge on any atom is -0.338 e. The molecule has 0 spiro atoms. The monoisotopic (exact) mass is 290 g/mol. The molecule has 2 aliphatic rings. The smallest absolute Gasteiger partial charge is 0.266 e. The van der Waals surface area contributed by atoms with Crippen molar-refractivity contribution in [2.24, 2.45) is 0 Å². The van der Waals surface area contributed by atoms with E-state index in [1.54, 1.807) is 4.90 Å². The third-order valence-electron chi connectivity index (χ3n) is 3.29. The predicted octanol–water partition coefficient (Wildman–Crippen LogP) is -0.466. The fourth-order valence-corrected chi connectivity index (χ4v) is 3.01. The van der Waals surface area contributed by atoms with Crippen molar-refractivity contribution in [3.8, 4) is 0 Å². The normalized spacial score (nSPS) is 22.4. The van der Waals surface area contributed by atoms with Crippen molar-refractivity contribution in [2.75, 3.05) is 25.9 Å². The number of nitrogens with zero attached hydrogens (tertiary/aromatic N) is 2. The van der Waals surface area contributed by atoms with Crippen LogP contribution in [0.25, 0.3) is 0 Å². The average molecular weight is 290 g/mol. The maximum absolute atomic E-state index is 11.7. The van der Waals surface area contributed by atoms with Gasteiger partial charge >= 0.3 is 0 Å². The Balaban J connectivity index is 2.09. The molecule has 2 fully saturated rings. The van der Waals surface area contributed by atoms with Crippen molar-refractivity contribution in [3.05, 3.63) is 0 Å². The molecule has 2 amide bonds. The average Bonchev–Trinajstić information content (AvgIpc) is 2.86. The second kappa shape index (κ2) is 5.46. The summed E-state index contributed by atoms with van der Waals surface area (Å²) in [6.07, 6.45) is 2.38. The van der Waals surface area contributed by atoms with Crippen molar-refractivity contribution in [1.82, 2.24) is 9.80 Å². The van der Waals surface area contributed by atoms with Gasteiger partial charge in [0.15, 0.2) is 6.23 Å². The van der Waals surface area contributed by atoms with Crippen LogP contribution in [0.3, 0.4) is 0 Å². The van der Waals surface area contributed by atoms with Gasteiger partial charge in [0.05, 0.1) is 12.8 Å². The molecule has 2 aliphatic heterocycles. The first-order valence-electron chi connectivity index (χ1n) is 6.32. The zero-order valence-corrected chi connectivity index (χ0v) is 11.7. The zero-order valence-electron chi connectivity index (χ0n) is 10.9. The molecule has 2 saturated heterocycles. The number of carbonyl (C=O) groups excluding carboxylic acids is 2. The lowest BCUT2D eigenvalue weighted by Crippen LogP contribution is -2.47. The predicted molar refractivity (Wildman–Crippen MR) is 66.5 cm³/mol. The Morgan fingerprint density at radius 2 is 1.79 bits per heavy atom. The molecule has 0 aromatic carbocycles. The summed E-state index contributed by atoms with van der Waals surface area (Å²) in [6.45, 7) is 1.18. The summed E-state index contributed by atoms with van der Waals surface area (Å²) >= 11 is 0. The van der Waals surface area contributed by atoms with Gasteiger partial charge in [0, 0.05) is 25.9 Å². The Bertz CT molecular complexity index is 475. The zero-order chi connectivity index (χ0) is 14.0. The SMILES string of the molecule is CS(=O)(=O)OC(CN1CCCC1=O)N1CCCC1=O. The Labute approximate surface area is 112 Å². The van der Waals surface area contributed by atoms with E-state index in [0.29, 0.717) is 32.4 Å². The van der Waals surface area contributed by atoms with Gasteiger partial charge in [-0.05, 0) is 12.8 Å². The fourth-order valence-electron chi connectivity index (χ4n) is 2.44. The third kappa shape index (κ3) is 3.66. The number of carbonyl (C=O) groups is 2. The lowest BCUT2D eigenvalue weighted by Gasteiger charge is -2.30. The van der Waals surface area contributed by atoms with Gasteiger partial charge in [-0.3, -0.25) is 9.59 Å². The molecule has 0 saturated carbocycles. The van der Waals surface area contributed by atoms with Crippen LogP contribution < -0.4 is 0 Å². The van der Waals surface area contributed by atoms with E-state index in [2.05, 4.69) is 0 Å². The van der Waals surface area contributed by atoms with E-state index >= 15 is 0 Å². The van der Waals surface area contributed by atoms with Crippen LogP contribution in [0, 0.1) is 0 Å². The van der Waals surface area contributed by atoms with E-state index in [-0.39, 0.29) is 18.4 Å². The summed E-state index contributed by atoms with van der Waals surface area (Å²) < 4.78 is 27.6. The van der Waals surface area contributed by atoms with E-state index in [9.17, 15) is 18.0 Å². The van der Waals surface area contributed by atoms with E-state index < -0.39 is 16.3 Å². The number of likely N-dealkylation sites (tertiary alicyclic amines) is 2. The minimum absolute atomic E-state index is 0.0197. The number of rotatable bonds is 5. The van der Waals surface area contributed by atoms with Gasteiger partial charge in [-0.2, -0.15) is 8.42 Å². The Morgan fingerprint density at radius 3 is 2.26 bits per heavy atom. The highest BCUT2D eigenvalue weighted by atomic mass is 32.2. The molecule has 0 aromatic heterocycles. The van der Waals surface area contributed by atoms with Crippen LogP contribution >= 0.6 is 0 Å². The quantitative estimate of drug-likeness (QED) is 0.639. The van der Waals surface area contributed by atoms with Gasteiger partial charge in [-0.25, -0.2) is 4.18 Å². The van der Waals surface area contributed by atoms with Crippen LogP contribution in [0.1, 0.15) is 25.7 Å². The second-order valence-corrected chi connectivity index (χ2v) is 6.49. The van der Waals surface area contributed by atoms with E-state index in [0.717, 1.165) is 12.7 Å². The fraction of sp³-hybridized carbons (Fsp3) is 0.818. The molecule has 19 heavy (non-hydrogen) atoms. The van der Waals surface area contributed by atoms with Gasteiger partial charge in [-0.15, -0.1) is 0 Å². The molecule has 2 rings (SSSR count). The maximum atomic E-state index is 11.7. The Morgan fingerprint density at radius 1 is 1.16 bits per heavy atom. The third-order valence-corrected chi connectivity index (χ3v) is 3.86. The van der Waals surface area contributed by atoms with E-state index in [4.69, 9.17) is 4.18 Å². The maximum Gasteiger partial charge on any atom is 0.266 e. The van der Waals surface area contributed by atoms with Crippen LogP contribution in [0.4, 0.5) is 0 Å². The molecule has 108 valence electrons. The van der Waals surface area contributed by atoms with Gasteiger partial charge < -0.3 is 9.80 Å². The van der Waals surface area contributed by atoms with Crippen molar-refractivity contribution in [3.63, 3.8) is 0 Å². The van der Waals surface area contributed by atoms with Gasteiger partial charge in [0.25, 0.3) is 10.1 Å². The summed E-state index contributed by atoms with van der Waals surface area (Å²) in [5, 5.41) is 0. The summed E-state index contributed by atoms with van der Waals surface area (Å²) in [5.41, 5.74) is 0. The molecule has 0 radical (unpaired) electrons. The van der Waals surface area contributed by atoms with Crippen molar-refractivity contribution >= 4 is 21.9 Å². The molecule has 1 unspecified atom stereocenters. The molecule has 0 N–H and O–H groups in total. The highest BCUT2D eigenvalue weighted by molar-refractivity contribution is 7.86. The summed E-state index contributed by atoms with van der Waals surface area (Å²) in [7, 11) is -3.68. The van der Waals surface area contributed by atoms with Crippen molar-refractivity contribution in [2.45, 2.75) is 31.9 Å². The Kier molecular flexibility index (Phi) is 4.10. The Hall–Kier alpha value is -1.15. The van der Waals surface area contributed by atoms with Crippen molar-refractivity contribution < 1.29 is 22.2 Å². The molecule has 0 bridgehead atoms. The first kappa shape index (κ1) is 14.3. The first-order chi connectivity index (χ1) is 8.87. The van der Waals surface area contributed by atoms with E-state index in [1.807, 2.05) is 0 Å². The molecule has 0 aromatic rings. The van der Waals surface area contributed by atoms with Gasteiger partial charge in [0.2, 0.25) is 11.8 Å². The number of amides is 2. The summed E-state index contributed by atoms with van der Waals surface area (Å²) in [6, 6.07) is 0. The first-order valence-corrected chi connectivity index (χ1v) is 8.14. The highest BCUT2D eigenvalue weighted by Gasteiger charge is 2.34.